The van der Waals surface area contributed by atoms with Crippen molar-refractivity contribution in [1.82, 2.24) is 4.68 Å². The minimum Gasteiger partial charge on any atom is -0.468 e. The Labute approximate surface area is 123 Å². The maximum Gasteiger partial charge on any atom is 0.327 e. The molecule has 110 valence electrons. The number of ether oxygens (including phenoxy) is 1. The Morgan fingerprint density at radius 2 is 1.62 bits per heavy atom. The number of benzene rings is 1. The van der Waals surface area contributed by atoms with Crippen molar-refractivity contribution in [3.63, 3.8) is 0 Å². The summed E-state index contributed by atoms with van der Waals surface area (Å²) in [6.45, 7) is 3.63. The summed E-state index contributed by atoms with van der Waals surface area (Å²) in [5, 5.41) is 1.39. The van der Waals surface area contributed by atoms with Crippen molar-refractivity contribution in [1.29, 1.82) is 0 Å². The molecule has 5 nitrogen and oxygen atoms in total. The van der Waals surface area contributed by atoms with E-state index in [4.69, 9.17) is 4.74 Å². The molecule has 2 rings (SSSR count). The summed E-state index contributed by atoms with van der Waals surface area (Å²) in [4.78, 5) is 24.3. The molecule has 0 radical (unpaired) electrons. The van der Waals surface area contributed by atoms with E-state index in [9.17, 15) is 9.59 Å². The standard InChI is InChI=1S/C16H18N2O3/c1-12-9-10-13(2)18(12)17(11-15(19)21-3)16(20)14-7-5-4-6-8-14/h4-10H,11H2,1-3H3. The van der Waals surface area contributed by atoms with Gasteiger partial charge in [-0.25, -0.2) is 5.01 Å². The molecule has 0 fully saturated rings. The molecule has 1 aromatic heterocycles. The van der Waals surface area contributed by atoms with Gasteiger partial charge in [-0.15, -0.1) is 0 Å². The van der Waals surface area contributed by atoms with Crippen LogP contribution in [0.3, 0.4) is 0 Å². The molecular formula is C16H18N2O3. The van der Waals surface area contributed by atoms with Crippen LogP contribution in [0.1, 0.15) is 21.7 Å². The van der Waals surface area contributed by atoms with E-state index in [-0.39, 0.29) is 12.5 Å². The first-order valence-electron chi connectivity index (χ1n) is 6.63. The highest BCUT2D eigenvalue weighted by Crippen LogP contribution is 2.12. The van der Waals surface area contributed by atoms with E-state index in [1.165, 1.54) is 12.1 Å². The molecule has 0 unspecified atom stereocenters. The van der Waals surface area contributed by atoms with Gasteiger partial charge in [0.05, 0.1) is 7.11 Å². The summed E-state index contributed by atoms with van der Waals surface area (Å²) in [6, 6.07) is 12.7. The molecule has 0 aliphatic heterocycles. The first-order valence-corrected chi connectivity index (χ1v) is 6.63. The fourth-order valence-corrected chi connectivity index (χ4v) is 2.19. The maximum absolute atomic E-state index is 12.7. The molecule has 0 aliphatic rings. The third kappa shape index (κ3) is 3.13. The lowest BCUT2D eigenvalue weighted by atomic mass is 10.2. The number of amides is 1. The van der Waals surface area contributed by atoms with Crippen molar-refractivity contribution in [2.75, 3.05) is 18.7 Å². The van der Waals surface area contributed by atoms with E-state index in [0.29, 0.717) is 5.56 Å². The van der Waals surface area contributed by atoms with Gasteiger partial charge in [0.1, 0.15) is 6.54 Å². The molecule has 0 atom stereocenters. The Morgan fingerprint density at radius 3 is 2.14 bits per heavy atom. The zero-order chi connectivity index (χ0) is 15.4. The van der Waals surface area contributed by atoms with Crippen LogP contribution in [-0.2, 0) is 9.53 Å². The monoisotopic (exact) mass is 286 g/mol. The number of rotatable bonds is 4. The van der Waals surface area contributed by atoms with E-state index in [2.05, 4.69) is 0 Å². The van der Waals surface area contributed by atoms with Crippen molar-refractivity contribution >= 4 is 11.9 Å². The Balaban J connectivity index is 2.42. The van der Waals surface area contributed by atoms with Gasteiger partial charge in [-0.3, -0.25) is 14.3 Å². The van der Waals surface area contributed by atoms with E-state index in [0.717, 1.165) is 11.4 Å². The van der Waals surface area contributed by atoms with Gasteiger partial charge in [-0.1, -0.05) is 18.2 Å². The van der Waals surface area contributed by atoms with Crippen molar-refractivity contribution in [2.45, 2.75) is 13.8 Å². The second kappa shape index (κ2) is 6.26. The number of carbonyl (C=O) groups excluding carboxylic acids is 2. The molecule has 0 saturated heterocycles. The summed E-state index contributed by atoms with van der Waals surface area (Å²) in [5.41, 5.74) is 2.27. The number of hydrogen-bond acceptors (Lipinski definition) is 3. The Kier molecular flexibility index (Phi) is 4.42. The number of aryl methyl sites for hydroxylation is 2. The van der Waals surface area contributed by atoms with Gasteiger partial charge in [-0.2, -0.15) is 0 Å². The lowest BCUT2D eigenvalue weighted by Crippen LogP contribution is -2.45. The van der Waals surface area contributed by atoms with Gasteiger partial charge in [-0.05, 0) is 38.1 Å². The fourth-order valence-electron chi connectivity index (χ4n) is 2.19. The zero-order valence-corrected chi connectivity index (χ0v) is 12.4. The van der Waals surface area contributed by atoms with Crippen molar-refractivity contribution in [3.8, 4) is 0 Å². The topological polar surface area (TPSA) is 51.5 Å². The van der Waals surface area contributed by atoms with Crippen LogP contribution < -0.4 is 5.01 Å². The zero-order valence-electron chi connectivity index (χ0n) is 12.4. The average molecular weight is 286 g/mol. The minimum atomic E-state index is -0.466. The molecule has 0 spiro atoms. The fraction of sp³-hybridized carbons (Fsp3) is 0.250. The van der Waals surface area contributed by atoms with Crippen LogP contribution in [0.15, 0.2) is 42.5 Å². The van der Waals surface area contributed by atoms with Gasteiger partial charge >= 0.3 is 5.97 Å². The summed E-state index contributed by atoms with van der Waals surface area (Å²) < 4.78 is 6.43. The SMILES string of the molecule is COC(=O)CN(C(=O)c1ccccc1)n1c(C)ccc1C. The van der Waals surface area contributed by atoms with E-state index >= 15 is 0 Å². The van der Waals surface area contributed by atoms with Gasteiger partial charge in [0.2, 0.25) is 0 Å². The van der Waals surface area contributed by atoms with E-state index in [1.54, 1.807) is 28.9 Å². The molecule has 0 saturated carbocycles. The molecule has 2 aromatic rings. The predicted octanol–water partition coefficient (Wildman–Crippen LogP) is 2.06. The van der Waals surface area contributed by atoms with Crippen LogP contribution in [0.2, 0.25) is 0 Å². The van der Waals surface area contributed by atoms with Gasteiger partial charge in [0, 0.05) is 17.0 Å². The number of carbonyl (C=O) groups is 2. The largest absolute Gasteiger partial charge is 0.468 e. The molecule has 21 heavy (non-hydrogen) atoms. The van der Waals surface area contributed by atoms with Crippen molar-refractivity contribution in [3.05, 3.63) is 59.4 Å². The lowest BCUT2D eigenvalue weighted by Gasteiger charge is -2.26. The third-order valence-corrected chi connectivity index (χ3v) is 3.24. The van der Waals surface area contributed by atoms with Crippen LogP contribution in [0, 0.1) is 13.8 Å². The number of hydrogen-bond donors (Lipinski definition) is 0. The van der Waals surface area contributed by atoms with Crippen LogP contribution in [0.4, 0.5) is 0 Å². The van der Waals surface area contributed by atoms with Crippen molar-refractivity contribution < 1.29 is 14.3 Å². The molecule has 1 aromatic carbocycles. The Hall–Kier alpha value is -2.56. The first-order chi connectivity index (χ1) is 10.0. The number of nitrogens with zero attached hydrogens (tertiary/aromatic N) is 2. The highest BCUT2D eigenvalue weighted by Gasteiger charge is 2.22. The molecule has 5 heteroatoms. The Bertz CT molecular complexity index is 627. The number of methoxy groups -OCH3 is 1. The second-order valence-corrected chi connectivity index (χ2v) is 4.73. The Morgan fingerprint density at radius 1 is 1.05 bits per heavy atom. The molecule has 0 aliphatic carbocycles. The number of esters is 1. The van der Waals surface area contributed by atoms with Gasteiger partial charge in [0.25, 0.3) is 5.91 Å². The maximum atomic E-state index is 12.7. The summed E-state index contributed by atoms with van der Waals surface area (Å²) in [6.07, 6.45) is 0. The quantitative estimate of drug-likeness (QED) is 0.808. The highest BCUT2D eigenvalue weighted by molar-refractivity contribution is 6.03. The van der Waals surface area contributed by atoms with Crippen LogP contribution in [0.25, 0.3) is 0 Å². The lowest BCUT2D eigenvalue weighted by molar-refractivity contribution is -0.139. The smallest absolute Gasteiger partial charge is 0.327 e. The second-order valence-electron chi connectivity index (χ2n) is 4.73. The number of aromatic nitrogens is 1. The molecule has 0 bridgehead atoms. The van der Waals surface area contributed by atoms with Crippen LogP contribution in [0.5, 0.6) is 0 Å². The molecular weight excluding hydrogens is 268 g/mol. The molecule has 0 N–H and O–H groups in total. The van der Waals surface area contributed by atoms with Crippen LogP contribution in [-0.4, -0.2) is 30.2 Å². The highest BCUT2D eigenvalue weighted by atomic mass is 16.5. The van der Waals surface area contributed by atoms with Crippen LogP contribution >= 0.6 is 0 Å². The third-order valence-electron chi connectivity index (χ3n) is 3.24. The predicted molar refractivity (Wildman–Crippen MR) is 79.8 cm³/mol. The molecule has 1 heterocycles. The molecule has 1 amide bonds. The summed E-state index contributed by atoms with van der Waals surface area (Å²) in [7, 11) is 1.31. The van der Waals surface area contributed by atoms with Gasteiger partial charge < -0.3 is 4.74 Å². The normalized spacial score (nSPS) is 10.2. The van der Waals surface area contributed by atoms with E-state index in [1.807, 2.05) is 32.0 Å². The average Bonchev–Trinajstić information content (AvgIpc) is 2.84. The summed E-state index contributed by atoms with van der Waals surface area (Å²) >= 11 is 0. The van der Waals surface area contributed by atoms with Crippen molar-refractivity contribution in [2.24, 2.45) is 0 Å². The first kappa shape index (κ1) is 14.8. The summed E-state index contributed by atoms with van der Waals surface area (Å²) in [5.74, 6) is -0.713. The minimum absolute atomic E-state index is 0.138. The van der Waals surface area contributed by atoms with Gasteiger partial charge in [0.15, 0.2) is 0 Å². The van der Waals surface area contributed by atoms with E-state index < -0.39 is 5.97 Å².